The Morgan fingerprint density at radius 2 is 1.20 bits per heavy atom. The molecule has 0 aromatic carbocycles. The van der Waals surface area contributed by atoms with Gasteiger partial charge in [-0.1, -0.05) is 26.7 Å². The van der Waals surface area contributed by atoms with Crippen LogP contribution in [-0.4, -0.2) is 0 Å². The standard InChI is InChI=1S/C4H10.Au/c1-3-4-2;/h3-4H2,1-2H3;. The third-order valence-electron chi connectivity index (χ3n) is 0.500. The molecule has 0 aliphatic rings. The summed E-state index contributed by atoms with van der Waals surface area (Å²) in [7, 11) is 0. The molecule has 0 unspecified atom stereocenters. The van der Waals surface area contributed by atoms with E-state index in [9.17, 15) is 0 Å². The smallest absolute Gasteiger partial charge is 0 e. The van der Waals surface area contributed by atoms with Crippen LogP contribution in [0.4, 0.5) is 0 Å². The molecule has 0 amide bonds. The van der Waals surface area contributed by atoms with Crippen LogP contribution in [0.3, 0.4) is 0 Å². The predicted molar refractivity (Wildman–Crippen MR) is 20.6 cm³/mol. The van der Waals surface area contributed by atoms with Crippen molar-refractivity contribution in [3.8, 4) is 0 Å². The van der Waals surface area contributed by atoms with Crippen LogP contribution in [0.5, 0.6) is 0 Å². The summed E-state index contributed by atoms with van der Waals surface area (Å²) in [6.45, 7) is 4.36. The maximum absolute atomic E-state index is 2.18. The number of rotatable bonds is 1. The van der Waals surface area contributed by atoms with Crippen molar-refractivity contribution in [2.45, 2.75) is 26.7 Å². The molecule has 0 aromatic rings. The van der Waals surface area contributed by atoms with E-state index in [0.29, 0.717) is 0 Å². The van der Waals surface area contributed by atoms with Gasteiger partial charge < -0.3 is 0 Å². The molecular formula is C4H10Au. The fourth-order valence-corrected chi connectivity index (χ4v) is 0. The van der Waals surface area contributed by atoms with Crippen LogP contribution in [0.15, 0.2) is 0 Å². The molecule has 1 radical (unpaired) electrons. The van der Waals surface area contributed by atoms with E-state index < -0.39 is 0 Å². The minimum Gasteiger partial charge on any atom is -0.0654 e. The van der Waals surface area contributed by atoms with Gasteiger partial charge in [0, 0.05) is 22.4 Å². The Morgan fingerprint density at radius 1 is 1.00 bits per heavy atom. The van der Waals surface area contributed by atoms with E-state index in [0.717, 1.165) is 0 Å². The third-order valence-corrected chi connectivity index (χ3v) is 0.500. The molecule has 1 heteroatoms. The second kappa shape index (κ2) is 8.83. The van der Waals surface area contributed by atoms with Gasteiger partial charge in [-0.2, -0.15) is 0 Å². The van der Waals surface area contributed by atoms with E-state index in [2.05, 4.69) is 13.8 Å². The first-order chi connectivity index (χ1) is 1.91. The number of hydrogen-bond donors (Lipinski definition) is 0. The molecule has 0 fully saturated rings. The van der Waals surface area contributed by atoms with E-state index in [4.69, 9.17) is 0 Å². The Labute approximate surface area is 49.5 Å². The molecule has 37 valence electrons. The van der Waals surface area contributed by atoms with Crippen molar-refractivity contribution in [2.75, 3.05) is 0 Å². The van der Waals surface area contributed by atoms with Gasteiger partial charge in [0.1, 0.15) is 0 Å². The maximum Gasteiger partial charge on any atom is 0 e. The van der Waals surface area contributed by atoms with Gasteiger partial charge in [-0.3, -0.25) is 0 Å². The summed E-state index contributed by atoms with van der Waals surface area (Å²) in [4.78, 5) is 0. The fraction of sp³-hybridized carbons (Fsp3) is 1.00. The van der Waals surface area contributed by atoms with Gasteiger partial charge in [0.25, 0.3) is 0 Å². The summed E-state index contributed by atoms with van der Waals surface area (Å²) >= 11 is 0. The Hall–Kier alpha value is 0.740. The maximum atomic E-state index is 2.18. The number of hydrogen-bond acceptors (Lipinski definition) is 0. The topological polar surface area (TPSA) is 0 Å². The van der Waals surface area contributed by atoms with Crippen molar-refractivity contribution in [3.63, 3.8) is 0 Å². The molecule has 0 N–H and O–H groups in total. The molecule has 0 heterocycles. The van der Waals surface area contributed by atoms with E-state index in [1.807, 2.05) is 0 Å². The van der Waals surface area contributed by atoms with Crippen molar-refractivity contribution < 1.29 is 22.4 Å². The monoisotopic (exact) mass is 255 g/mol. The van der Waals surface area contributed by atoms with Crippen molar-refractivity contribution in [1.29, 1.82) is 0 Å². The van der Waals surface area contributed by atoms with Gasteiger partial charge in [0.2, 0.25) is 0 Å². The Balaban J connectivity index is 0. The normalized spacial score (nSPS) is 6.00. The molecule has 5 heavy (non-hydrogen) atoms. The summed E-state index contributed by atoms with van der Waals surface area (Å²) < 4.78 is 0. The third kappa shape index (κ3) is 11.8. The Bertz CT molecular complexity index is 5.61. The van der Waals surface area contributed by atoms with Crippen LogP contribution in [0, 0.1) is 0 Å². The quantitative estimate of drug-likeness (QED) is 0.627. The second-order valence-electron chi connectivity index (χ2n) is 1.000. The van der Waals surface area contributed by atoms with E-state index in [1.165, 1.54) is 12.8 Å². The zero-order chi connectivity index (χ0) is 3.41. The fourth-order valence-electron chi connectivity index (χ4n) is 0. The Kier molecular flexibility index (Phi) is 16.3. The summed E-state index contributed by atoms with van der Waals surface area (Å²) in [5, 5.41) is 0. The average molecular weight is 255 g/mol. The molecule has 0 aromatic heterocycles. The van der Waals surface area contributed by atoms with Crippen LogP contribution >= 0.6 is 0 Å². The minimum atomic E-state index is 0. The van der Waals surface area contributed by atoms with E-state index in [-0.39, 0.29) is 22.4 Å². The van der Waals surface area contributed by atoms with Gasteiger partial charge in [-0.15, -0.1) is 0 Å². The van der Waals surface area contributed by atoms with Crippen LogP contribution in [0.1, 0.15) is 26.7 Å². The van der Waals surface area contributed by atoms with Crippen LogP contribution in [0.25, 0.3) is 0 Å². The van der Waals surface area contributed by atoms with Crippen molar-refractivity contribution >= 4 is 0 Å². The van der Waals surface area contributed by atoms with Crippen molar-refractivity contribution in [1.82, 2.24) is 0 Å². The molecule has 0 saturated carbocycles. The number of unbranched alkanes of at least 4 members (excludes halogenated alkanes) is 1. The molecule has 0 bridgehead atoms. The Morgan fingerprint density at radius 3 is 1.20 bits per heavy atom. The van der Waals surface area contributed by atoms with Gasteiger partial charge in [0.05, 0.1) is 0 Å². The first-order valence-electron chi connectivity index (χ1n) is 1.91. The summed E-state index contributed by atoms with van der Waals surface area (Å²) in [5.41, 5.74) is 0. The zero-order valence-corrected chi connectivity index (χ0v) is 5.88. The molecule has 0 aliphatic carbocycles. The zero-order valence-electron chi connectivity index (χ0n) is 3.72. The van der Waals surface area contributed by atoms with Crippen LogP contribution in [-0.2, 0) is 22.4 Å². The van der Waals surface area contributed by atoms with Crippen molar-refractivity contribution in [2.24, 2.45) is 0 Å². The van der Waals surface area contributed by atoms with Gasteiger partial charge in [-0.25, -0.2) is 0 Å². The average Bonchev–Trinajstić information content (AvgIpc) is 1.37. The first-order valence-corrected chi connectivity index (χ1v) is 1.91. The second-order valence-corrected chi connectivity index (χ2v) is 1.000. The van der Waals surface area contributed by atoms with Crippen LogP contribution in [0.2, 0.25) is 0 Å². The van der Waals surface area contributed by atoms with Gasteiger partial charge >= 0.3 is 0 Å². The van der Waals surface area contributed by atoms with Gasteiger partial charge in [-0.05, 0) is 0 Å². The SMILES string of the molecule is CCCC.[Au]. The summed E-state index contributed by atoms with van der Waals surface area (Å²) in [5.74, 6) is 0. The summed E-state index contributed by atoms with van der Waals surface area (Å²) in [6, 6.07) is 0. The molecule has 0 aliphatic heterocycles. The largest absolute Gasteiger partial charge is 0.0654 e. The van der Waals surface area contributed by atoms with Gasteiger partial charge in [0.15, 0.2) is 0 Å². The molecular weight excluding hydrogens is 245 g/mol. The van der Waals surface area contributed by atoms with Crippen LogP contribution < -0.4 is 0 Å². The molecule has 0 saturated heterocycles. The molecule has 0 nitrogen and oxygen atoms in total. The molecule has 0 rings (SSSR count). The van der Waals surface area contributed by atoms with E-state index >= 15 is 0 Å². The van der Waals surface area contributed by atoms with E-state index in [1.54, 1.807) is 0 Å². The predicted octanol–water partition coefficient (Wildman–Crippen LogP) is 1.80. The molecule has 0 atom stereocenters. The summed E-state index contributed by atoms with van der Waals surface area (Å²) in [6.07, 6.45) is 2.64. The van der Waals surface area contributed by atoms with Crippen molar-refractivity contribution in [3.05, 3.63) is 0 Å². The first kappa shape index (κ1) is 9.22. The minimum absolute atomic E-state index is 0. The molecule has 0 spiro atoms.